The number of rotatable bonds is 2. The maximum atomic E-state index is 12.2. The molecule has 2 aliphatic rings. The molecule has 19 heavy (non-hydrogen) atoms. The summed E-state index contributed by atoms with van der Waals surface area (Å²) in [5.74, 6) is -0.199. The van der Waals surface area contributed by atoms with E-state index in [1.165, 1.54) is 12.1 Å². The number of carbonyl (C=O) groups excluding carboxylic acids is 3. The molecule has 1 unspecified atom stereocenters. The van der Waals surface area contributed by atoms with E-state index in [2.05, 4.69) is 4.99 Å². The summed E-state index contributed by atoms with van der Waals surface area (Å²) in [4.78, 5) is 40.9. The number of carbonyl (C=O) groups is 2. The second-order valence-corrected chi connectivity index (χ2v) is 4.53. The molecule has 0 aliphatic carbocycles. The number of urea groups is 1. The molecule has 6 heteroatoms. The molecular weight excluding hydrogens is 246 g/mol. The van der Waals surface area contributed by atoms with Crippen LogP contribution in [-0.2, 0) is 9.59 Å². The third-order valence-corrected chi connectivity index (χ3v) is 3.46. The Balaban J connectivity index is 1.98. The zero-order chi connectivity index (χ0) is 13.4. The minimum atomic E-state index is -0.328. The Morgan fingerprint density at radius 2 is 2.16 bits per heavy atom. The summed E-state index contributed by atoms with van der Waals surface area (Å²) in [6.07, 6.45) is 3.02. The molecule has 1 aromatic rings. The second kappa shape index (κ2) is 4.33. The number of hydrogen-bond acceptors (Lipinski definition) is 4. The molecule has 0 saturated carbocycles. The van der Waals surface area contributed by atoms with E-state index in [1.807, 2.05) is 0 Å². The van der Waals surface area contributed by atoms with Gasteiger partial charge in [-0.25, -0.2) is 14.5 Å². The maximum absolute atomic E-state index is 12.2. The number of isocyanates is 1. The zero-order valence-corrected chi connectivity index (χ0v) is 10.1. The molecule has 0 spiro atoms. The lowest BCUT2D eigenvalue weighted by atomic mass is 10.2. The molecule has 2 aliphatic heterocycles. The van der Waals surface area contributed by atoms with Crippen LogP contribution in [0, 0.1) is 0 Å². The highest BCUT2D eigenvalue weighted by molar-refractivity contribution is 6.21. The average molecular weight is 257 g/mol. The van der Waals surface area contributed by atoms with E-state index in [1.54, 1.807) is 23.1 Å². The van der Waals surface area contributed by atoms with Crippen LogP contribution >= 0.6 is 0 Å². The summed E-state index contributed by atoms with van der Waals surface area (Å²) in [5, 5.41) is 0. The van der Waals surface area contributed by atoms with Crippen molar-refractivity contribution in [1.29, 1.82) is 0 Å². The normalized spacial score (nSPS) is 21.6. The fourth-order valence-electron chi connectivity index (χ4n) is 2.62. The Kier molecular flexibility index (Phi) is 2.65. The standard InChI is InChI=1S/C13H11N3O3/c17-8-14-9-3-1-4-10(7-9)16-12(18)11-5-2-6-15(11)13(16)19/h1,3-4,7,11H,2,5-6H2. The molecular formula is C13H11N3O3. The number of hydrogen-bond donors (Lipinski definition) is 0. The third kappa shape index (κ3) is 1.73. The first-order valence-electron chi connectivity index (χ1n) is 6.05. The molecule has 1 aromatic carbocycles. The molecule has 3 amide bonds. The van der Waals surface area contributed by atoms with E-state index in [4.69, 9.17) is 0 Å². The van der Waals surface area contributed by atoms with Crippen LogP contribution in [0.15, 0.2) is 29.3 Å². The number of anilines is 1. The minimum absolute atomic E-state index is 0.199. The van der Waals surface area contributed by atoms with Crippen LogP contribution in [-0.4, -0.2) is 35.5 Å². The van der Waals surface area contributed by atoms with Gasteiger partial charge in [-0.05, 0) is 31.0 Å². The molecule has 2 fully saturated rings. The number of fused-ring (bicyclic) bond motifs is 1. The van der Waals surface area contributed by atoms with Crippen LogP contribution in [0.1, 0.15) is 12.8 Å². The predicted molar refractivity (Wildman–Crippen MR) is 66.8 cm³/mol. The second-order valence-electron chi connectivity index (χ2n) is 4.53. The molecule has 3 rings (SSSR count). The van der Waals surface area contributed by atoms with E-state index in [-0.39, 0.29) is 18.0 Å². The average Bonchev–Trinajstić information content (AvgIpc) is 2.96. The molecule has 1 atom stereocenters. The van der Waals surface area contributed by atoms with Crippen LogP contribution in [0.5, 0.6) is 0 Å². The Labute approximate surface area is 109 Å². The summed E-state index contributed by atoms with van der Waals surface area (Å²) in [7, 11) is 0. The number of amides is 3. The Bertz CT molecular complexity index is 585. The summed E-state index contributed by atoms with van der Waals surface area (Å²) in [6.45, 7) is 0.623. The fraction of sp³-hybridized carbons (Fsp3) is 0.308. The Morgan fingerprint density at radius 3 is 2.89 bits per heavy atom. The van der Waals surface area contributed by atoms with Crippen molar-refractivity contribution in [3.63, 3.8) is 0 Å². The van der Waals surface area contributed by atoms with Crippen LogP contribution in [0.25, 0.3) is 0 Å². The van der Waals surface area contributed by atoms with Gasteiger partial charge in [-0.3, -0.25) is 4.79 Å². The molecule has 2 saturated heterocycles. The lowest BCUT2D eigenvalue weighted by Crippen LogP contribution is -2.32. The summed E-state index contributed by atoms with van der Waals surface area (Å²) in [5.41, 5.74) is 0.820. The van der Waals surface area contributed by atoms with E-state index in [0.29, 0.717) is 24.3 Å². The van der Waals surface area contributed by atoms with Gasteiger partial charge in [0.05, 0.1) is 11.4 Å². The molecule has 0 aromatic heterocycles. The molecule has 2 heterocycles. The van der Waals surface area contributed by atoms with Crippen molar-refractivity contribution in [3.8, 4) is 0 Å². The first kappa shape index (κ1) is 11.6. The van der Waals surface area contributed by atoms with Gasteiger partial charge >= 0.3 is 6.03 Å². The molecule has 96 valence electrons. The quantitative estimate of drug-likeness (QED) is 0.459. The van der Waals surface area contributed by atoms with Crippen molar-refractivity contribution < 1.29 is 14.4 Å². The van der Waals surface area contributed by atoms with E-state index in [0.717, 1.165) is 11.3 Å². The smallest absolute Gasteiger partial charge is 0.312 e. The van der Waals surface area contributed by atoms with Crippen LogP contribution in [0.4, 0.5) is 16.2 Å². The zero-order valence-electron chi connectivity index (χ0n) is 10.1. The Morgan fingerprint density at radius 1 is 1.32 bits per heavy atom. The predicted octanol–water partition coefficient (Wildman–Crippen LogP) is 1.58. The molecule has 0 radical (unpaired) electrons. The van der Waals surface area contributed by atoms with Gasteiger partial charge in [-0.1, -0.05) is 6.07 Å². The lowest BCUT2D eigenvalue weighted by molar-refractivity contribution is -0.119. The maximum Gasteiger partial charge on any atom is 0.332 e. The molecule has 0 N–H and O–H groups in total. The van der Waals surface area contributed by atoms with Gasteiger partial charge in [0, 0.05) is 6.54 Å². The SMILES string of the molecule is O=C=Nc1cccc(N2C(=O)C3CCCN3C2=O)c1. The summed E-state index contributed by atoms with van der Waals surface area (Å²) < 4.78 is 0. The first-order valence-corrected chi connectivity index (χ1v) is 6.05. The van der Waals surface area contributed by atoms with Crippen LogP contribution < -0.4 is 4.90 Å². The van der Waals surface area contributed by atoms with Crippen molar-refractivity contribution in [2.45, 2.75) is 18.9 Å². The highest BCUT2D eigenvalue weighted by atomic mass is 16.2. The summed E-state index contributed by atoms with van der Waals surface area (Å²) >= 11 is 0. The van der Waals surface area contributed by atoms with Gasteiger partial charge in [0.15, 0.2) is 0 Å². The third-order valence-electron chi connectivity index (χ3n) is 3.46. The van der Waals surface area contributed by atoms with Gasteiger partial charge in [0.2, 0.25) is 6.08 Å². The van der Waals surface area contributed by atoms with Crippen molar-refractivity contribution >= 4 is 29.4 Å². The van der Waals surface area contributed by atoms with Crippen LogP contribution in [0.3, 0.4) is 0 Å². The van der Waals surface area contributed by atoms with Gasteiger partial charge in [-0.2, -0.15) is 4.99 Å². The molecule has 0 bridgehead atoms. The number of imide groups is 1. The van der Waals surface area contributed by atoms with Gasteiger partial charge in [0.1, 0.15) is 6.04 Å². The van der Waals surface area contributed by atoms with E-state index in [9.17, 15) is 14.4 Å². The monoisotopic (exact) mass is 257 g/mol. The van der Waals surface area contributed by atoms with Crippen LogP contribution in [0.2, 0.25) is 0 Å². The number of aliphatic imine (C=N–C) groups is 1. The molecule has 6 nitrogen and oxygen atoms in total. The van der Waals surface area contributed by atoms with Crippen molar-refractivity contribution in [3.05, 3.63) is 24.3 Å². The van der Waals surface area contributed by atoms with Crippen molar-refractivity contribution in [2.75, 3.05) is 11.4 Å². The number of nitrogens with zero attached hydrogens (tertiary/aromatic N) is 3. The highest BCUT2D eigenvalue weighted by Crippen LogP contribution is 2.32. The van der Waals surface area contributed by atoms with Gasteiger partial charge < -0.3 is 4.90 Å². The minimum Gasteiger partial charge on any atom is -0.312 e. The van der Waals surface area contributed by atoms with E-state index >= 15 is 0 Å². The topological polar surface area (TPSA) is 70.1 Å². The van der Waals surface area contributed by atoms with Gasteiger partial charge in [0.25, 0.3) is 5.91 Å². The Hall–Kier alpha value is -2.46. The highest BCUT2D eigenvalue weighted by Gasteiger charge is 2.47. The lowest BCUT2D eigenvalue weighted by Gasteiger charge is -2.15. The van der Waals surface area contributed by atoms with Crippen molar-refractivity contribution in [1.82, 2.24) is 4.90 Å². The van der Waals surface area contributed by atoms with Crippen molar-refractivity contribution in [2.24, 2.45) is 4.99 Å². The summed E-state index contributed by atoms with van der Waals surface area (Å²) in [6, 6.07) is 5.83. The fourth-order valence-corrected chi connectivity index (χ4v) is 2.62. The van der Waals surface area contributed by atoms with Gasteiger partial charge in [-0.15, -0.1) is 0 Å². The van der Waals surface area contributed by atoms with E-state index < -0.39 is 0 Å². The first-order chi connectivity index (χ1) is 9.22. The number of benzene rings is 1. The largest absolute Gasteiger partial charge is 0.332 e.